The zero-order valence-electron chi connectivity index (χ0n) is 11.8. The lowest BCUT2D eigenvalue weighted by molar-refractivity contribution is 0.181. The first-order chi connectivity index (χ1) is 10.1. The Labute approximate surface area is 128 Å². The molecule has 5 heteroatoms. The molecule has 0 saturated carbocycles. The maximum atomic E-state index is 5.94. The van der Waals surface area contributed by atoms with Crippen molar-refractivity contribution in [2.45, 2.75) is 6.61 Å². The molecule has 2 aromatic rings. The minimum absolute atomic E-state index is 0.422. The van der Waals surface area contributed by atoms with E-state index in [1.54, 1.807) is 44.7 Å². The van der Waals surface area contributed by atoms with Crippen LogP contribution in [0.4, 0.5) is 5.69 Å². The molecule has 0 amide bonds. The lowest BCUT2D eigenvalue weighted by Crippen LogP contribution is -1.96. The Kier molecular flexibility index (Phi) is 5.04. The Bertz CT molecular complexity index is 705. The second-order valence-electron chi connectivity index (χ2n) is 4.29. The lowest BCUT2D eigenvalue weighted by atomic mass is 10.1. The van der Waals surface area contributed by atoms with Gasteiger partial charge in [-0.3, -0.25) is 4.98 Å². The topological polar surface area (TPSA) is 57.4 Å². The minimum atomic E-state index is 0.422. The normalized spacial score (nSPS) is 9.86. The highest BCUT2D eigenvalue weighted by Gasteiger charge is 2.04. The fourth-order valence-electron chi connectivity index (χ4n) is 1.74. The van der Waals surface area contributed by atoms with Gasteiger partial charge in [0.2, 0.25) is 0 Å². The number of rotatable bonds is 3. The third kappa shape index (κ3) is 3.88. The van der Waals surface area contributed by atoms with E-state index in [9.17, 15) is 0 Å². The third-order valence-electron chi connectivity index (χ3n) is 2.78. The van der Waals surface area contributed by atoms with Crippen molar-refractivity contribution in [3.05, 3.63) is 52.3 Å². The van der Waals surface area contributed by atoms with Crippen LogP contribution >= 0.6 is 11.6 Å². The molecule has 108 valence electrons. The number of methoxy groups -OCH3 is 2. The largest absolute Gasteiger partial charge is 0.495 e. The number of pyridine rings is 1. The number of nitrogens with zero attached hydrogens (tertiary/aromatic N) is 1. The molecule has 0 unspecified atom stereocenters. The summed E-state index contributed by atoms with van der Waals surface area (Å²) in [6, 6.07) is 6.98. The van der Waals surface area contributed by atoms with Crippen LogP contribution in [0.1, 0.15) is 16.8 Å². The maximum Gasteiger partial charge on any atom is 0.137 e. The summed E-state index contributed by atoms with van der Waals surface area (Å²) in [4.78, 5) is 4.26. The summed E-state index contributed by atoms with van der Waals surface area (Å²) in [5, 5.41) is 0.592. The highest BCUT2D eigenvalue weighted by molar-refractivity contribution is 6.30. The molecule has 0 bridgehead atoms. The average Bonchev–Trinajstić information content (AvgIpc) is 2.49. The van der Waals surface area contributed by atoms with Gasteiger partial charge in [0.1, 0.15) is 5.75 Å². The van der Waals surface area contributed by atoms with Crippen LogP contribution < -0.4 is 10.5 Å². The number of halogens is 1. The minimum Gasteiger partial charge on any atom is -0.495 e. The van der Waals surface area contributed by atoms with E-state index in [0.717, 1.165) is 5.69 Å². The van der Waals surface area contributed by atoms with Gasteiger partial charge in [0.15, 0.2) is 0 Å². The SMILES string of the molecule is COCc1cc(OC)c(C#Cc2cc(Cl)ccc2N)cn1. The Balaban J connectivity index is 2.35. The second-order valence-corrected chi connectivity index (χ2v) is 4.73. The molecule has 0 aliphatic carbocycles. The van der Waals surface area contributed by atoms with E-state index in [2.05, 4.69) is 16.8 Å². The van der Waals surface area contributed by atoms with Gasteiger partial charge in [-0.05, 0) is 18.2 Å². The number of nitrogen functional groups attached to an aromatic ring is 1. The molecular weight excluding hydrogens is 288 g/mol. The van der Waals surface area contributed by atoms with Crippen LogP contribution in [0.5, 0.6) is 5.75 Å². The number of ether oxygens (including phenoxy) is 2. The molecule has 2 rings (SSSR count). The molecule has 1 aromatic carbocycles. The fraction of sp³-hybridized carbons (Fsp3) is 0.188. The lowest BCUT2D eigenvalue weighted by Gasteiger charge is -2.05. The van der Waals surface area contributed by atoms with Crippen LogP contribution in [0.15, 0.2) is 30.5 Å². The molecule has 0 saturated heterocycles. The predicted octanol–water partition coefficient (Wildman–Crippen LogP) is 2.87. The van der Waals surface area contributed by atoms with Crippen LogP contribution in [0.3, 0.4) is 0 Å². The van der Waals surface area contributed by atoms with Crippen LogP contribution in [0.25, 0.3) is 0 Å². The molecule has 21 heavy (non-hydrogen) atoms. The highest BCUT2D eigenvalue weighted by atomic mass is 35.5. The predicted molar refractivity (Wildman–Crippen MR) is 83.3 cm³/mol. The van der Waals surface area contributed by atoms with E-state index in [0.29, 0.717) is 34.2 Å². The van der Waals surface area contributed by atoms with Gasteiger partial charge in [-0.1, -0.05) is 23.4 Å². The molecular formula is C16H15ClN2O2. The molecule has 1 aromatic heterocycles. The van der Waals surface area contributed by atoms with Gasteiger partial charge in [-0.2, -0.15) is 0 Å². The van der Waals surface area contributed by atoms with E-state index in [1.165, 1.54) is 0 Å². The van der Waals surface area contributed by atoms with Gasteiger partial charge in [0.25, 0.3) is 0 Å². The van der Waals surface area contributed by atoms with Gasteiger partial charge in [-0.25, -0.2) is 0 Å². The van der Waals surface area contributed by atoms with E-state index in [-0.39, 0.29) is 0 Å². The van der Waals surface area contributed by atoms with Crippen LogP contribution in [-0.4, -0.2) is 19.2 Å². The number of hydrogen-bond donors (Lipinski definition) is 1. The van der Waals surface area contributed by atoms with E-state index in [1.807, 2.05) is 0 Å². The Morgan fingerprint density at radius 3 is 2.67 bits per heavy atom. The fourth-order valence-corrected chi connectivity index (χ4v) is 1.91. The van der Waals surface area contributed by atoms with Crippen molar-refractivity contribution >= 4 is 17.3 Å². The molecule has 0 spiro atoms. The molecule has 4 nitrogen and oxygen atoms in total. The standard InChI is InChI=1S/C16H15ClN2O2/c1-20-10-14-8-16(21-2)12(9-19-14)4-3-11-7-13(17)5-6-15(11)18/h5-9H,10,18H2,1-2H3. The Hall–Kier alpha value is -2.22. The summed E-state index contributed by atoms with van der Waals surface area (Å²) in [5.41, 5.74) is 8.57. The summed E-state index contributed by atoms with van der Waals surface area (Å²) in [5.74, 6) is 6.63. The van der Waals surface area contributed by atoms with Crippen molar-refractivity contribution in [3.8, 4) is 17.6 Å². The van der Waals surface area contributed by atoms with Crippen molar-refractivity contribution in [1.82, 2.24) is 4.98 Å². The molecule has 0 fully saturated rings. The van der Waals surface area contributed by atoms with E-state index in [4.69, 9.17) is 26.8 Å². The number of nitrogens with two attached hydrogens (primary N) is 1. The van der Waals surface area contributed by atoms with Gasteiger partial charge in [0, 0.05) is 35.6 Å². The first kappa shape index (κ1) is 15.2. The summed E-state index contributed by atoms with van der Waals surface area (Å²) in [6.07, 6.45) is 1.65. The van der Waals surface area contributed by atoms with Gasteiger partial charge < -0.3 is 15.2 Å². The second kappa shape index (κ2) is 6.98. The summed E-state index contributed by atoms with van der Waals surface area (Å²) in [7, 11) is 3.20. The van der Waals surface area contributed by atoms with Crippen LogP contribution in [0, 0.1) is 11.8 Å². The van der Waals surface area contributed by atoms with E-state index >= 15 is 0 Å². The summed E-state index contributed by atoms with van der Waals surface area (Å²) < 4.78 is 10.4. The van der Waals surface area contributed by atoms with Gasteiger partial charge in [-0.15, -0.1) is 0 Å². The number of benzene rings is 1. The van der Waals surface area contributed by atoms with E-state index < -0.39 is 0 Å². The van der Waals surface area contributed by atoms with Crippen LogP contribution in [-0.2, 0) is 11.3 Å². The van der Waals surface area contributed by atoms with Crippen LogP contribution in [0.2, 0.25) is 5.02 Å². The summed E-state index contributed by atoms with van der Waals surface area (Å²) >= 11 is 5.94. The van der Waals surface area contributed by atoms with Crippen molar-refractivity contribution in [3.63, 3.8) is 0 Å². The Morgan fingerprint density at radius 1 is 1.19 bits per heavy atom. The zero-order chi connectivity index (χ0) is 15.2. The number of hydrogen-bond acceptors (Lipinski definition) is 4. The quantitative estimate of drug-likeness (QED) is 0.699. The first-order valence-electron chi connectivity index (χ1n) is 6.23. The average molecular weight is 303 g/mol. The van der Waals surface area contributed by atoms with Crippen molar-refractivity contribution < 1.29 is 9.47 Å². The van der Waals surface area contributed by atoms with Crippen molar-refractivity contribution in [2.24, 2.45) is 0 Å². The van der Waals surface area contributed by atoms with Gasteiger partial charge >= 0.3 is 0 Å². The number of aromatic nitrogens is 1. The molecule has 0 atom stereocenters. The van der Waals surface area contributed by atoms with Crippen molar-refractivity contribution in [1.29, 1.82) is 0 Å². The first-order valence-corrected chi connectivity index (χ1v) is 6.60. The summed E-state index contributed by atoms with van der Waals surface area (Å²) in [6.45, 7) is 0.422. The number of anilines is 1. The third-order valence-corrected chi connectivity index (χ3v) is 3.02. The molecule has 0 aliphatic rings. The Morgan fingerprint density at radius 2 is 1.95 bits per heavy atom. The monoisotopic (exact) mass is 302 g/mol. The molecule has 0 aliphatic heterocycles. The highest BCUT2D eigenvalue weighted by Crippen LogP contribution is 2.20. The van der Waals surface area contributed by atoms with Gasteiger partial charge in [0.05, 0.1) is 25.0 Å². The maximum absolute atomic E-state index is 5.94. The molecule has 2 N–H and O–H groups in total. The smallest absolute Gasteiger partial charge is 0.137 e. The van der Waals surface area contributed by atoms with Crippen molar-refractivity contribution in [2.75, 3.05) is 20.0 Å². The zero-order valence-corrected chi connectivity index (χ0v) is 12.6. The molecule has 1 heterocycles. The molecule has 0 radical (unpaired) electrons.